The first-order valence-corrected chi connectivity index (χ1v) is 8.03. The molecule has 1 heterocycles. The van der Waals surface area contributed by atoms with Crippen molar-refractivity contribution in [2.75, 3.05) is 13.7 Å². The number of hydrogen-bond donors (Lipinski definition) is 2. The fraction of sp³-hybridized carbons (Fsp3) is 0.647. The number of furan rings is 1. The normalized spacial score (nSPS) is 24.0. The van der Waals surface area contributed by atoms with Gasteiger partial charge in [-0.25, -0.2) is 4.79 Å². The molecule has 1 aliphatic rings. The second-order valence-electron chi connectivity index (χ2n) is 6.70. The van der Waals surface area contributed by atoms with Gasteiger partial charge in [0.2, 0.25) is 5.91 Å². The average molecular weight is 375 g/mol. The lowest BCUT2D eigenvalue weighted by Gasteiger charge is -2.57. The summed E-state index contributed by atoms with van der Waals surface area (Å²) in [7, 11) is 1.31. The largest absolute Gasteiger partial charge is 0.465 e. The Balaban J connectivity index is 0.00000312. The van der Waals surface area contributed by atoms with Crippen LogP contribution in [0.15, 0.2) is 10.5 Å². The predicted octanol–water partition coefficient (Wildman–Crippen LogP) is 1.95. The third-order valence-electron chi connectivity index (χ3n) is 5.03. The molecule has 7 nitrogen and oxygen atoms in total. The maximum atomic E-state index is 12.5. The highest BCUT2D eigenvalue weighted by Crippen LogP contribution is 2.49. The summed E-state index contributed by atoms with van der Waals surface area (Å²) in [4.78, 5) is 24.1. The molecule has 142 valence electrons. The van der Waals surface area contributed by atoms with Crippen molar-refractivity contribution in [1.82, 2.24) is 5.32 Å². The summed E-state index contributed by atoms with van der Waals surface area (Å²) in [6, 6.07) is 1.57. The van der Waals surface area contributed by atoms with Crippen molar-refractivity contribution >= 4 is 24.3 Å². The summed E-state index contributed by atoms with van der Waals surface area (Å²) in [5.74, 6) is 0.207. The molecule has 2 atom stereocenters. The lowest BCUT2D eigenvalue weighted by molar-refractivity contribution is -0.170. The van der Waals surface area contributed by atoms with E-state index in [2.05, 4.69) is 10.1 Å². The van der Waals surface area contributed by atoms with Crippen molar-refractivity contribution in [2.45, 2.75) is 52.3 Å². The van der Waals surface area contributed by atoms with Gasteiger partial charge in [-0.15, -0.1) is 12.4 Å². The molecule has 0 aromatic carbocycles. The van der Waals surface area contributed by atoms with Gasteiger partial charge in [0.25, 0.3) is 0 Å². The van der Waals surface area contributed by atoms with Crippen LogP contribution in [0.25, 0.3) is 0 Å². The van der Waals surface area contributed by atoms with E-state index < -0.39 is 16.9 Å². The highest BCUT2D eigenvalue weighted by Gasteiger charge is 2.62. The zero-order chi connectivity index (χ0) is 18.1. The van der Waals surface area contributed by atoms with Gasteiger partial charge in [-0.3, -0.25) is 4.79 Å². The van der Waals surface area contributed by atoms with E-state index in [1.54, 1.807) is 13.0 Å². The molecule has 2 unspecified atom stereocenters. The molecule has 0 aliphatic heterocycles. The van der Waals surface area contributed by atoms with Gasteiger partial charge in [-0.1, -0.05) is 13.8 Å². The van der Waals surface area contributed by atoms with Crippen LogP contribution in [0.3, 0.4) is 0 Å². The number of esters is 1. The summed E-state index contributed by atoms with van der Waals surface area (Å²) >= 11 is 0. The lowest BCUT2D eigenvalue weighted by atomic mass is 9.54. The molecule has 1 aromatic rings. The molecular formula is C17H27ClN2O5. The van der Waals surface area contributed by atoms with E-state index in [-0.39, 0.29) is 31.0 Å². The van der Waals surface area contributed by atoms with Crippen LogP contribution in [0.2, 0.25) is 0 Å². The molecule has 1 aromatic heterocycles. The molecule has 1 aliphatic carbocycles. The first kappa shape index (κ1) is 21.5. The second kappa shape index (κ2) is 7.76. The number of ether oxygens (including phenoxy) is 2. The van der Waals surface area contributed by atoms with Gasteiger partial charge in [0, 0.05) is 18.4 Å². The first-order chi connectivity index (χ1) is 11.2. The zero-order valence-electron chi connectivity index (χ0n) is 15.3. The number of methoxy groups -OCH3 is 1. The summed E-state index contributed by atoms with van der Waals surface area (Å²) in [5.41, 5.74) is 5.23. The Morgan fingerprint density at radius 1 is 1.44 bits per heavy atom. The fourth-order valence-electron chi connectivity index (χ4n) is 3.09. The number of nitrogens with one attached hydrogen (secondary N) is 1. The van der Waals surface area contributed by atoms with Crippen LogP contribution in [0.4, 0.5) is 0 Å². The van der Waals surface area contributed by atoms with Crippen molar-refractivity contribution in [3.05, 3.63) is 23.2 Å². The van der Waals surface area contributed by atoms with E-state index in [9.17, 15) is 9.59 Å². The molecule has 0 bridgehead atoms. The number of nitrogens with two attached hydrogens (primary N) is 1. The van der Waals surface area contributed by atoms with Crippen molar-refractivity contribution in [3.8, 4) is 0 Å². The molecule has 0 radical (unpaired) electrons. The molecule has 0 spiro atoms. The summed E-state index contributed by atoms with van der Waals surface area (Å²) in [6.45, 7) is 8.21. The van der Waals surface area contributed by atoms with Crippen molar-refractivity contribution in [1.29, 1.82) is 0 Å². The minimum Gasteiger partial charge on any atom is -0.465 e. The Morgan fingerprint density at radius 2 is 2.08 bits per heavy atom. The number of amides is 1. The van der Waals surface area contributed by atoms with E-state index in [4.69, 9.17) is 14.9 Å². The Labute approximate surface area is 154 Å². The van der Waals surface area contributed by atoms with Gasteiger partial charge in [0.15, 0.2) is 0 Å². The molecule has 3 N–H and O–H groups in total. The smallest absolute Gasteiger partial charge is 0.341 e. The fourth-order valence-corrected chi connectivity index (χ4v) is 3.09. The molecule has 1 amide bonds. The predicted molar refractivity (Wildman–Crippen MR) is 94.6 cm³/mol. The quantitative estimate of drug-likeness (QED) is 0.737. The number of carbonyl (C=O) groups excluding carboxylic acids is 2. The van der Waals surface area contributed by atoms with E-state index in [1.807, 2.05) is 20.8 Å². The molecule has 25 heavy (non-hydrogen) atoms. The lowest BCUT2D eigenvalue weighted by Crippen LogP contribution is -2.75. The Morgan fingerprint density at radius 3 is 2.60 bits per heavy atom. The minimum atomic E-state index is -0.986. The monoisotopic (exact) mass is 374 g/mol. The van der Waals surface area contributed by atoms with Crippen molar-refractivity contribution in [3.63, 3.8) is 0 Å². The second-order valence-corrected chi connectivity index (χ2v) is 6.70. The standard InChI is InChI=1S/C17H26N2O5.ClH/c1-6-23-13-8-17(18,16(13,3)4)15(21)19-9-11-7-12(10(2)24-11)14(20)22-5;/h7,13H,6,8-9,18H2,1-5H3,(H,19,21);1H. The van der Waals surface area contributed by atoms with Crippen molar-refractivity contribution < 1.29 is 23.5 Å². The molecule has 8 heteroatoms. The van der Waals surface area contributed by atoms with Crippen molar-refractivity contribution in [2.24, 2.45) is 11.1 Å². The van der Waals surface area contributed by atoms with E-state index in [1.165, 1.54) is 7.11 Å². The van der Waals surface area contributed by atoms with Crippen LogP contribution in [0.1, 0.15) is 49.1 Å². The topological polar surface area (TPSA) is 104 Å². The molecule has 2 rings (SSSR count). The first-order valence-electron chi connectivity index (χ1n) is 8.03. The minimum absolute atomic E-state index is 0. The van der Waals surface area contributed by atoms with Crippen LogP contribution < -0.4 is 11.1 Å². The van der Waals surface area contributed by atoms with Gasteiger partial charge in [-0.2, -0.15) is 0 Å². The molecule has 1 saturated carbocycles. The van der Waals surface area contributed by atoms with Crippen LogP contribution in [-0.4, -0.2) is 37.2 Å². The number of carbonyl (C=O) groups is 2. The van der Waals surface area contributed by atoms with Crippen LogP contribution in [0.5, 0.6) is 0 Å². The number of aryl methyl sites for hydroxylation is 1. The molecule has 1 fully saturated rings. The Hall–Kier alpha value is -1.57. The van der Waals surface area contributed by atoms with Gasteiger partial charge < -0.3 is 24.9 Å². The third kappa shape index (κ3) is 3.68. The highest BCUT2D eigenvalue weighted by molar-refractivity contribution is 5.91. The van der Waals surface area contributed by atoms with E-state index in [0.29, 0.717) is 30.1 Å². The Kier molecular flexibility index (Phi) is 6.67. The summed E-state index contributed by atoms with van der Waals surface area (Å²) in [5, 5.41) is 2.79. The molecular weight excluding hydrogens is 348 g/mol. The third-order valence-corrected chi connectivity index (χ3v) is 5.03. The van der Waals surface area contributed by atoms with Crippen LogP contribution in [-0.2, 0) is 20.8 Å². The van der Waals surface area contributed by atoms with Gasteiger partial charge in [-0.05, 0) is 19.9 Å². The number of rotatable bonds is 6. The van der Waals surface area contributed by atoms with E-state index >= 15 is 0 Å². The maximum absolute atomic E-state index is 12.5. The van der Waals surface area contributed by atoms with Gasteiger partial charge in [0.05, 0.1) is 19.8 Å². The maximum Gasteiger partial charge on any atom is 0.341 e. The SMILES string of the molecule is CCOC1CC(N)(C(=O)NCc2cc(C(=O)OC)c(C)o2)C1(C)C.Cl. The van der Waals surface area contributed by atoms with Crippen LogP contribution in [0, 0.1) is 12.3 Å². The van der Waals surface area contributed by atoms with Gasteiger partial charge in [0.1, 0.15) is 22.6 Å². The number of halogens is 1. The van der Waals surface area contributed by atoms with E-state index in [0.717, 1.165) is 0 Å². The summed E-state index contributed by atoms with van der Waals surface area (Å²) in [6.07, 6.45) is 0.444. The van der Waals surface area contributed by atoms with Crippen LogP contribution >= 0.6 is 12.4 Å². The molecule has 0 saturated heterocycles. The number of hydrogen-bond acceptors (Lipinski definition) is 6. The summed E-state index contributed by atoms with van der Waals surface area (Å²) < 4.78 is 15.8. The average Bonchev–Trinajstić information content (AvgIpc) is 2.92. The highest BCUT2D eigenvalue weighted by atomic mass is 35.5. The Bertz CT molecular complexity index is 643. The zero-order valence-corrected chi connectivity index (χ0v) is 16.1. The van der Waals surface area contributed by atoms with Gasteiger partial charge >= 0.3 is 5.97 Å².